The van der Waals surface area contributed by atoms with Crippen LogP contribution in [0.5, 0.6) is 0 Å². The van der Waals surface area contributed by atoms with E-state index < -0.39 is 0 Å². The minimum atomic E-state index is -0.333. The number of carbonyl (C=O) groups is 1. The summed E-state index contributed by atoms with van der Waals surface area (Å²) in [6, 6.07) is 6.85. The molecule has 1 aromatic rings. The lowest BCUT2D eigenvalue weighted by Crippen LogP contribution is -2.50. The second kappa shape index (κ2) is 8.98. The molecule has 142 valence electrons. The number of nitrogens with one attached hydrogen (secondary N) is 1. The van der Waals surface area contributed by atoms with Gasteiger partial charge in [-0.25, -0.2) is 0 Å². The Morgan fingerprint density at radius 1 is 1.12 bits per heavy atom. The van der Waals surface area contributed by atoms with Crippen molar-refractivity contribution < 1.29 is 9.72 Å². The van der Waals surface area contributed by atoms with Crippen molar-refractivity contribution in [3.63, 3.8) is 0 Å². The van der Waals surface area contributed by atoms with Crippen LogP contribution in [0.4, 0.5) is 11.4 Å². The minimum absolute atomic E-state index is 0.0923. The number of anilines is 1. The number of rotatable bonds is 6. The van der Waals surface area contributed by atoms with Crippen LogP contribution in [0.3, 0.4) is 0 Å². The summed E-state index contributed by atoms with van der Waals surface area (Å²) in [5, 5.41) is 14.3. The van der Waals surface area contributed by atoms with Crippen LogP contribution in [-0.2, 0) is 4.79 Å². The molecule has 1 aliphatic carbocycles. The Morgan fingerprint density at radius 2 is 1.81 bits per heavy atom. The van der Waals surface area contributed by atoms with Crippen LogP contribution >= 0.6 is 0 Å². The van der Waals surface area contributed by atoms with Gasteiger partial charge in [-0.05, 0) is 24.8 Å². The summed E-state index contributed by atoms with van der Waals surface area (Å²) >= 11 is 0. The normalized spacial score (nSPS) is 19.3. The zero-order chi connectivity index (χ0) is 18.4. The molecule has 26 heavy (non-hydrogen) atoms. The van der Waals surface area contributed by atoms with Crippen molar-refractivity contribution in [2.45, 2.75) is 32.1 Å². The summed E-state index contributed by atoms with van der Waals surface area (Å²) in [7, 11) is 0. The van der Waals surface area contributed by atoms with Gasteiger partial charge in [-0.2, -0.15) is 0 Å². The van der Waals surface area contributed by atoms with E-state index in [4.69, 9.17) is 0 Å². The van der Waals surface area contributed by atoms with Crippen molar-refractivity contribution in [3.05, 3.63) is 34.4 Å². The van der Waals surface area contributed by atoms with E-state index in [9.17, 15) is 14.9 Å². The molecule has 0 spiro atoms. The van der Waals surface area contributed by atoms with Gasteiger partial charge in [-0.15, -0.1) is 0 Å². The van der Waals surface area contributed by atoms with Crippen molar-refractivity contribution in [2.24, 2.45) is 5.92 Å². The molecule has 2 aliphatic rings. The molecule has 3 rings (SSSR count). The molecule has 2 fully saturated rings. The Labute approximate surface area is 154 Å². The predicted octanol–water partition coefficient (Wildman–Crippen LogP) is 2.41. The van der Waals surface area contributed by atoms with Gasteiger partial charge in [0.1, 0.15) is 5.69 Å². The molecule has 0 unspecified atom stereocenters. The zero-order valence-corrected chi connectivity index (χ0v) is 15.2. The average molecular weight is 360 g/mol. The van der Waals surface area contributed by atoms with E-state index in [2.05, 4.69) is 10.2 Å². The fraction of sp³-hybridized carbons (Fsp3) is 0.632. The number of hydrogen-bond donors (Lipinski definition) is 1. The smallest absolute Gasteiger partial charge is 0.292 e. The van der Waals surface area contributed by atoms with Gasteiger partial charge in [-0.3, -0.25) is 19.8 Å². The maximum Gasteiger partial charge on any atom is 0.292 e. The lowest BCUT2D eigenvalue weighted by atomic mass is 9.89. The molecule has 0 bridgehead atoms. The highest BCUT2D eigenvalue weighted by atomic mass is 16.6. The quantitative estimate of drug-likeness (QED) is 0.623. The highest BCUT2D eigenvalue weighted by Crippen LogP contribution is 2.28. The molecule has 7 heteroatoms. The van der Waals surface area contributed by atoms with Gasteiger partial charge in [0.2, 0.25) is 5.91 Å². The Hall–Kier alpha value is -2.15. The molecular formula is C19H28N4O3. The molecule has 1 aliphatic heterocycles. The number of nitrogens with zero attached hydrogens (tertiary/aromatic N) is 3. The van der Waals surface area contributed by atoms with Crippen LogP contribution in [-0.4, -0.2) is 55.0 Å². The first kappa shape index (κ1) is 18.6. The van der Waals surface area contributed by atoms with Gasteiger partial charge in [0.25, 0.3) is 5.69 Å². The van der Waals surface area contributed by atoms with Crippen LogP contribution in [0.15, 0.2) is 24.3 Å². The predicted molar refractivity (Wildman–Crippen MR) is 101 cm³/mol. The van der Waals surface area contributed by atoms with Gasteiger partial charge in [0.15, 0.2) is 0 Å². The first-order valence-corrected chi connectivity index (χ1v) is 9.61. The summed E-state index contributed by atoms with van der Waals surface area (Å²) in [4.78, 5) is 27.2. The fourth-order valence-electron chi connectivity index (χ4n) is 3.94. The van der Waals surface area contributed by atoms with E-state index >= 15 is 0 Å². The summed E-state index contributed by atoms with van der Waals surface area (Å²) in [5.41, 5.74) is 0.810. The van der Waals surface area contributed by atoms with Gasteiger partial charge < -0.3 is 10.2 Å². The maximum atomic E-state index is 12.2. The van der Waals surface area contributed by atoms with Gasteiger partial charge in [-0.1, -0.05) is 31.4 Å². The third-order valence-electron chi connectivity index (χ3n) is 5.47. The van der Waals surface area contributed by atoms with E-state index in [-0.39, 0.29) is 16.5 Å². The third kappa shape index (κ3) is 4.94. The first-order chi connectivity index (χ1) is 12.6. The molecule has 0 aromatic heterocycles. The molecule has 1 amide bonds. The Balaban J connectivity index is 1.43. The summed E-state index contributed by atoms with van der Waals surface area (Å²) in [6.07, 6.45) is 6.36. The van der Waals surface area contributed by atoms with Crippen LogP contribution in [0.25, 0.3) is 0 Å². The summed E-state index contributed by atoms with van der Waals surface area (Å²) in [5.74, 6) is 0.734. The molecule has 1 saturated heterocycles. The van der Waals surface area contributed by atoms with Crippen LogP contribution in [0.2, 0.25) is 0 Å². The Bertz CT molecular complexity index is 623. The number of nitro benzene ring substituents is 1. The van der Waals surface area contributed by atoms with Crippen molar-refractivity contribution in [1.29, 1.82) is 0 Å². The number of piperazine rings is 1. The number of amides is 1. The van der Waals surface area contributed by atoms with Gasteiger partial charge in [0.05, 0.1) is 11.5 Å². The molecule has 1 saturated carbocycles. The number of hydrogen-bond acceptors (Lipinski definition) is 5. The Morgan fingerprint density at radius 3 is 2.50 bits per heavy atom. The van der Waals surface area contributed by atoms with Crippen molar-refractivity contribution in [3.8, 4) is 0 Å². The van der Waals surface area contributed by atoms with Crippen molar-refractivity contribution >= 4 is 17.3 Å². The van der Waals surface area contributed by atoms with Crippen LogP contribution in [0, 0.1) is 16.0 Å². The summed E-state index contributed by atoms with van der Waals surface area (Å²) in [6.45, 7) is 4.08. The zero-order valence-electron chi connectivity index (χ0n) is 15.2. The van der Waals surface area contributed by atoms with Gasteiger partial charge >= 0.3 is 0 Å². The maximum absolute atomic E-state index is 12.2. The first-order valence-electron chi connectivity index (χ1n) is 9.61. The molecule has 7 nitrogen and oxygen atoms in total. The van der Waals surface area contributed by atoms with E-state index in [0.717, 1.165) is 19.6 Å². The minimum Gasteiger partial charge on any atom is -0.363 e. The lowest BCUT2D eigenvalue weighted by molar-refractivity contribution is -0.384. The standard InChI is InChI=1S/C19H28N4O3/c24-19(20-14-16-6-2-1-3-7-16)15-21-10-12-22(13-11-21)17-8-4-5-9-18(17)23(25)26/h4-5,8-9,16H,1-3,6-7,10-15H2,(H,20,24). The second-order valence-corrected chi connectivity index (χ2v) is 7.32. The number of nitro groups is 1. The molecule has 1 heterocycles. The molecule has 1 aromatic carbocycles. The highest BCUT2D eigenvalue weighted by molar-refractivity contribution is 5.78. The average Bonchev–Trinajstić information content (AvgIpc) is 2.68. The second-order valence-electron chi connectivity index (χ2n) is 7.32. The lowest BCUT2D eigenvalue weighted by Gasteiger charge is -2.35. The number of carbonyl (C=O) groups excluding carboxylic acids is 1. The topological polar surface area (TPSA) is 78.7 Å². The monoisotopic (exact) mass is 360 g/mol. The van der Waals surface area contributed by atoms with Crippen LogP contribution < -0.4 is 10.2 Å². The molecule has 1 N–H and O–H groups in total. The van der Waals surface area contributed by atoms with Crippen LogP contribution in [0.1, 0.15) is 32.1 Å². The van der Waals surface area contributed by atoms with E-state index in [1.807, 2.05) is 11.0 Å². The van der Waals surface area contributed by atoms with Crippen molar-refractivity contribution in [1.82, 2.24) is 10.2 Å². The number of benzene rings is 1. The van der Waals surface area contributed by atoms with E-state index in [1.165, 1.54) is 32.1 Å². The largest absolute Gasteiger partial charge is 0.363 e. The van der Waals surface area contributed by atoms with Crippen molar-refractivity contribution in [2.75, 3.05) is 44.2 Å². The van der Waals surface area contributed by atoms with E-state index in [0.29, 0.717) is 31.2 Å². The molecule has 0 radical (unpaired) electrons. The van der Waals surface area contributed by atoms with Gasteiger partial charge in [0, 0.05) is 38.8 Å². The number of para-hydroxylation sites is 2. The third-order valence-corrected chi connectivity index (χ3v) is 5.47. The Kier molecular flexibility index (Phi) is 6.44. The fourth-order valence-corrected chi connectivity index (χ4v) is 3.94. The molecular weight excluding hydrogens is 332 g/mol. The summed E-state index contributed by atoms with van der Waals surface area (Å²) < 4.78 is 0. The van der Waals surface area contributed by atoms with E-state index in [1.54, 1.807) is 18.2 Å². The SMILES string of the molecule is O=C(CN1CCN(c2ccccc2[N+](=O)[O-])CC1)NCC1CCCCC1. The highest BCUT2D eigenvalue weighted by Gasteiger charge is 2.24. The molecule has 0 atom stereocenters.